The lowest BCUT2D eigenvalue weighted by Crippen LogP contribution is -2.69. The number of nitrogens with one attached hydrogen (secondary N) is 1. The summed E-state index contributed by atoms with van der Waals surface area (Å²) in [5, 5.41) is 6.24. The molecule has 16 heteroatoms. The van der Waals surface area contributed by atoms with Gasteiger partial charge in [0.05, 0.1) is 28.0 Å². The summed E-state index contributed by atoms with van der Waals surface area (Å²) in [6.45, 7) is 4.09. The van der Waals surface area contributed by atoms with E-state index in [1.54, 1.807) is 14.7 Å². The lowest BCUT2D eigenvalue weighted by Gasteiger charge is -2.48. The van der Waals surface area contributed by atoms with E-state index in [0.29, 0.717) is 39.3 Å². The predicted molar refractivity (Wildman–Crippen MR) is 155 cm³/mol. The molecule has 5 rings (SSSR count). The van der Waals surface area contributed by atoms with Crippen LogP contribution in [0.4, 0.5) is 23.7 Å². The summed E-state index contributed by atoms with van der Waals surface area (Å²) >= 11 is 6.42. The number of nitrogens with two attached hydrogens (primary N) is 1. The summed E-state index contributed by atoms with van der Waals surface area (Å²) in [7, 11) is 1.40. The Balaban J connectivity index is 1.24. The number of hydrogen-bond donors (Lipinski definition) is 2. The average molecular weight is 632 g/mol. The summed E-state index contributed by atoms with van der Waals surface area (Å²) < 4.78 is 43.1. The first-order valence-electron chi connectivity index (χ1n) is 13.5. The van der Waals surface area contributed by atoms with Gasteiger partial charge in [0, 0.05) is 63.7 Å². The number of piperazine rings is 1. The van der Waals surface area contributed by atoms with E-state index in [1.807, 2.05) is 6.92 Å². The monoisotopic (exact) mass is 631 g/mol. The Hall–Kier alpha value is -4.55. The van der Waals surface area contributed by atoms with Gasteiger partial charge in [-0.25, -0.2) is 9.78 Å². The summed E-state index contributed by atoms with van der Waals surface area (Å²) in [4.78, 5) is 47.8. The van der Waals surface area contributed by atoms with Crippen molar-refractivity contribution in [3.05, 3.63) is 52.7 Å². The maximum absolute atomic E-state index is 13.6. The fourth-order valence-corrected chi connectivity index (χ4v) is 5.51. The third-order valence-electron chi connectivity index (χ3n) is 7.42. The van der Waals surface area contributed by atoms with Gasteiger partial charge in [-0.2, -0.15) is 18.3 Å². The van der Waals surface area contributed by atoms with Crippen molar-refractivity contribution in [2.45, 2.75) is 25.2 Å². The van der Waals surface area contributed by atoms with Gasteiger partial charge in [-0.05, 0) is 25.1 Å². The zero-order valence-electron chi connectivity index (χ0n) is 23.9. The van der Waals surface area contributed by atoms with Gasteiger partial charge in [0.1, 0.15) is 6.54 Å². The molecule has 0 radical (unpaired) electrons. The minimum atomic E-state index is -4.76. The van der Waals surface area contributed by atoms with Crippen LogP contribution in [0.5, 0.6) is 0 Å². The van der Waals surface area contributed by atoms with Gasteiger partial charge in [0.25, 0.3) is 11.8 Å². The molecule has 0 unspecified atom stereocenters. The van der Waals surface area contributed by atoms with E-state index >= 15 is 0 Å². The number of hydrogen-bond acceptors (Lipinski definition) is 6. The molecule has 12 nitrogen and oxygen atoms in total. The number of aromatic nitrogens is 4. The Morgan fingerprint density at radius 3 is 2.39 bits per heavy atom. The first kappa shape index (κ1) is 30.9. The smallest absolute Gasteiger partial charge is 0.335 e. The van der Waals surface area contributed by atoms with Crippen molar-refractivity contribution in [2.75, 3.05) is 44.6 Å². The van der Waals surface area contributed by atoms with Crippen LogP contribution < -0.4 is 11.1 Å². The summed E-state index contributed by atoms with van der Waals surface area (Å²) in [5.74, 6) is 1.03. The van der Waals surface area contributed by atoms with Gasteiger partial charge in [-0.1, -0.05) is 17.5 Å². The Morgan fingerprint density at radius 2 is 1.80 bits per heavy atom. The molecule has 0 aliphatic carbocycles. The van der Waals surface area contributed by atoms with Crippen molar-refractivity contribution >= 4 is 35.1 Å². The molecular formula is C28H29ClF3N9O3. The number of carbonyl (C=O) groups is 3. The van der Waals surface area contributed by atoms with E-state index in [2.05, 4.69) is 21.3 Å². The highest BCUT2D eigenvalue weighted by atomic mass is 35.5. The molecule has 2 aliphatic heterocycles. The molecule has 0 bridgehead atoms. The Kier molecular flexibility index (Phi) is 8.08. The number of benzene rings is 1. The number of carbonyl (C=O) groups excluding carboxylic acids is 3. The maximum Gasteiger partial charge on any atom is 0.435 e. The van der Waals surface area contributed by atoms with Crippen molar-refractivity contribution in [3.8, 4) is 23.6 Å². The first-order valence-corrected chi connectivity index (χ1v) is 13.9. The minimum absolute atomic E-state index is 0.00857. The fraction of sp³-hybridized carbons (Fsp3) is 0.393. The molecule has 1 aromatic carbocycles. The average Bonchev–Trinajstić information content (AvgIpc) is 3.54. The molecule has 2 saturated heterocycles. The SMILES string of the molecule is C#CCn1cc(-c2cnc(C(=O)Nc3ccc(C(=O)N4CCN(C(=O)N5CC(C)(N)C5)CC4)c(Cl)c3)n2C)c(C(F)(F)F)n1. The van der Waals surface area contributed by atoms with Gasteiger partial charge < -0.3 is 30.3 Å². The highest BCUT2D eigenvalue weighted by molar-refractivity contribution is 6.34. The van der Waals surface area contributed by atoms with Gasteiger partial charge in [0.2, 0.25) is 0 Å². The predicted octanol–water partition coefficient (Wildman–Crippen LogP) is 2.75. The van der Waals surface area contributed by atoms with E-state index in [4.69, 9.17) is 23.8 Å². The van der Waals surface area contributed by atoms with Crippen LogP contribution in [-0.4, -0.2) is 96.7 Å². The second-order valence-electron chi connectivity index (χ2n) is 11.0. The van der Waals surface area contributed by atoms with Crippen molar-refractivity contribution in [1.82, 2.24) is 34.0 Å². The van der Waals surface area contributed by atoms with Crippen LogP contribution in [0.2, 0.25) is 5.02 Å². The normalized spacial score (nSPS) is 16.4. The number of anilines is 1. The number of amides is 4. The maximum atomic E-state index is 13.6. The molecule has 4 amide bonds. The second kappa shape index (κ2) is 11.5. The molecule has 0 spiro atoms. The Labute approximate surface area is 255 Å². The molecule has 2 fully saturated rings. The Morgan fingerprint density at radius 1 is 1.14 bits per heavy atom. The first-order chi connectivity index (χ1) is 20.7. The largest absolute Gasteiger partial charge is 0.435 e. The molecule has 4 heterocycles. The summed E-state index contributed by atoms with van der Waals surface area (Å²) in [5.41, 5.74) is 4.66. The van der Waals surface area contributed by atoms with Gasteiger partial charge >= 0.3 is 12.2 Å². The molecule has 0 saturated carbocycles. The van der Waals surface area contributed by atoms with Crippen LogP contribution in [-0.2, 0) is 19.8 Å². The molecule has 232 valence electrons. The van der Waals surface area contributed by atoms with Crippen LogP contribution in [0.15, 0.2) is 30.6 Å². The zero-order valence-corrected chi connectivity index (χ0v) is 24.6. The topological polar surface area (TPSA) is 135 Å². The van der Waals surface area contributed by atoms with Crippen LogP contribution >= 0.6 is 11.6 Å². The summed E-state index contributed by atoms with van der Waals surface area (Å²) in [6.07, 6.45) is 2.75. The standard InChI is InChI=1S/C28H29ClF3N9O3/c1-4-7-41-14-19(22(36-41)28(30,31)32)21-13-34-23(37(21)3)24(42)35-17-5-6-18(20(29)12-17)25(43)38-8-10-39(11-9-38)26(44)40-15-27(2,33)16-40/h1,5-6,12-14H,7-11,15-16,33H2,2-3H3,(H,35,42). The quantitative estimate of drug-likeness (QED) is 0.416. The lowest BCUT2D eigenvalue weighted by atomic mass is 9.94. The van der Waals surface area contributed by atoms with Crippen molar-refractivity contribution in [2.24, 2.45) is 12.8 Å². The van der Waals surface area contributed by atoms with E-state index in [-0.39, 0.29) is 57.4 Å². The van der Waals surface area contributed by atoms with Crippen LogP contribution in [0.3, 0.4) is 0 Å². The van der Waals surface area contributed by atoms with Gasteiger partial charge in [0.15, 0.2) is 11.5 Å². The molecule has 2 aromatic heterocycles. The number of urea groups is 1. The number of alkyl halides is 3. The zero-order chi connectivity index (χ0) is 32.0. The Bertz CT molecular complexity index is 1660. The van der Waals surface area contributed by atoms with Crippen molar-refractivity contribution < 1.29 is 27.6 Å². The number of rotatable bonds is 5. The third kappa shape index (κ3) is 6.08. The van der Waals surface area contributed by atoms with E-state index in [1.165, 1.54) is 29.8 Å². The highest BCUT2D eigenvalue weighted by Crippen LogP contribution is 2.36. The molecule has 0 atom stereocenters. The molecule has 2 aliphatic rings. The molecular weight excluding hydrogens is 603 g/mol. The lowest BCUT2D eigenvalue weighted by molar-refractivity contribution is -0.141. The molecule has 3 aromatic rings. The van der Waals surface area contributed by atoms with E-state index in [9.17, 15) is 27.6 Å². The number of halogens is 4. The minimum Gasteiger partial charge on any atom is -0.335 e. The number of nitrogens with zero attached hydrogens (tertiary/aromatic N) is 7. The fourth-order valence-electron chi connectivity index (χ4n) is 5.25. The van der Waals surface area contributed by atoms with Crippen molar-refractivity contribution in [3.63, 3.8) is 0 Å². The van der Waals surface area contributed by atoms with E-state index in [0.717, 1.165) is 17.1 Å². The van der Waals surface area contributed by atoms with Gasteiger partial charge in [-0.15, -0.1) is 6.42 Å². The van der Waals surface area contributed by atoms with Gasteiger partial charge in [-0.3, -0.25) is 14.3 Å². The number of terminal acetylenes is 1. The van der Waals surface area contributed by atoms with Crippen LogP contribution in [0.1, 0.15) is 33.6 Å². The van der Waals surface area contributed by atoms with Crippen LogP contribution in [0.25, 0.3) is 11.3 Å². The summed E-state index contributed by atoms with van der Waals surface area (Å²) in [6, 6.07) is 4.26. The number of likely N-dealkylation sites (tertiary alicyclic amines) is 1. The second-order valence-corrected chi connectivity index (χ2v) is 11.4. The third-order valence-corrected chi connectivity index (χ3v) is 7.73. The molecule has 44 heavy (non-hydrogen) atoms. The van der Waals surface area contributed by atoms with E-state index < -0.39 is 17.8 Å². The van der Waals surface area contributed by atoms with Crippen LogP contribution in [0, 0.1) is 12.3 Å². The highest BCUT2D eigenvalue weighted by Gasteiger charge is 2.41. The number of imidazole rings is 1. The van der Waals surface area contributed by atoms with Crippen molar-refractivity contribution in [1.29, 1.82) is 0 Å². The molecule has 3 N–H and O–H groups in total.